The van der Waals surface area contributed by atoms with Crippen LogP contribution in [0.15, 0.2) is 28.7 Å². The molecule has 1 aromatic carbocycles. The first-order chi connectivity index (χ1) is 7.70. The third kappa shape index (κ3) is 1.27. The van der Waals surface area contributed by atoms with Crippen LogP contribution >= 0.6 is 15.9 Å². The van der Waals surface area contributed by atoms with E-state index in [9.17, 15) is 5.26 Å². The van der Waals surface area contributed by atoms with E-state index in [0.717, 1.165) is 36.1 Å². The van der Waals surface area contributed by atoms with Gasteiger partial charge in [0.25, 0.3) is 0 Å². The first-order valence-electron chi connectivity index (χ1n) is 5.44. The molecule has 2 nitrogen and oxygen atoms in total. The van der Waals surface area contributed by atoms with Crippen LogP contribution in [0.2, 0.25) is 0 Å². The van der Waals surface area contributed by atoms with Crippen LogP contribution in [0.5, 0.6) is 0 Å². The summed E-state index contributed by atoms with van der Waals surface area (Å²) in [6, 6.07) is 10.6. The maximum absolute atomic E-state index is 9.45. The van der Waals surface area contributed by atoms with Gasteiger partial charge in [-0.2, -0.15) is 5.26 Å². The van der Waals surface area contributed by atoms with E-state index in [0.29, 0.717) is 5.41 Å². The van der Waals surface area contributed by atoms with E-state index in [1.54, 1.807) is 0 Å². The maximum atomic E-state index is 9.45. The molecular weight excluding hydrogens is 266 g/mol. The molecule has 2 aliphatic rings. The Hall–Kier alpha value is -0.850. The van der Waals surface area contributed by atoms with Crippen molar-refractivity contribution in [2.45, 2.75) is 18.3 Å². The number of benzene rings is 1. The third-order valence-corrected chi connectivity index (χ3v) is 4.46. The van der Waals surface area contributed by atoms with Crippen molar-refractivity contribution in [1.82, 2.24) is 0 Å². The minimum absolute atomic E-state index is 0.288. The molecule has 1 aromatic rings. The van der Waals surface area contributed by atoms with Gasteiger partial charge in [0, 0.05) is 9.89 Å². The van der Waals surface area contributed by atoms with Gasteiger partial charge in [-0.25, -0.2) is 0 Å². The lowest BCUT2D eigenvalue weighted by atomic mass is 9.50. The fourth-order valence-electron chi connectivity index (χ4n) is 3.00. The van der Waals surface area contributed by atoms with Crippen LogP contribution in [0.25, 0.3) is 0 Å². The highest BCUT2D eigenvalue weighted by Crippen LogP contribution is 2.59. The zero-order valence-corrected chi connectivity index (χ0v) is 10.5. The summed E-state index contributed by atoms with van der Waals surface area (Å²) < 4.78 is 6.31. The smallest absolute Gasteiger partial charge is 0.0847 e. The van der Waals surface area contributed by atoms with Crippen molar-refractivity contribution in [2.75, 3.05) is 13.2 Å². The van der Waals surface area contributed by atoms with Gasteiger partial charge in [-0.1, -0.05) is 34.1 Å². The van der Waals surface area contributed by atoms with Gasteiger partial charge in [0.15, 0.2) is 0 Å². The quantitative estimate of drug-likeness (QED) is 0.791. The van der Waals surface area contributed by atoms with E-state index in [1.807, 2.05) is 18.2 Å². The summed E-state index contributed by atoms with van der Waals surface area (Å²) in [5.41, 5.74) is 1.16. The predicted molar refractivity (Wildman–Crippen MR) is 63.9 cm³/mol. The van der Waals surface area contributed by atoms with Crippen molar-refractivity contribution in [1.29, 1.82) is 5.26 Å². The molecule has 0 atom stereocenters. The van der Waals surface area contributed by atoms with Gasteiger partial charge < -0.3 is 4.74 Å². The molecule has 82 valence electrons. The Morgan fingerprint density at radius 1 is 1.25 bits per heavy atom. The molecule has 1 saturated carbocycles. The van der Waals surface area contributed by atoms with Crippen LogP contribution in [-0.2, 0) is 10.2 Å². The zero-order chi connectivity index (χ0) is 11.2. The van der Waals surface area contributed by atoms with E-state index in [-0.39, 0.29) is 5.41 Å². The molecule has 1 aliphatic heterocycles. The van der Waals surface area contributed by atoms with E-state index in [2.05, 4.69) is 28.1 Å². The van der Waals surface area contributed by atoms with E-state index in [1.165, 1.54) is 0 Å². The SMILES string of the molecule is N#CC1(c2ccccc2Br)CC2(COC2)C1. The summed E-state index contributed by atoms with van der Waals surface area (Å²) in [6.07, 6.45) is 1.89. The Morgan fingerprint density at radius 3 is 2.44 bits per heavy atom. The number of rotatable bonds is 1. The molecular formula is C13H12BrNO. The Balaban J connectivity index is 1.94. The van der Waals surface area contributed by atoms with Gasteiger partial charge in [0.05, 0.1) is 24.7 Å². The molecule has 3 rings (SSSR count). The lowest BCUT2D eigenvalue weighted by Gasteiger charge is -2.57. The van der Waals surface area contributed by atoms with Crippen LogP contribution in [-0.4, -0.2) is 13.2 Å². The van der Waals surface area contributed by atoms with Crippen LogP contribution in [0, 0.1) is 16.7 Å². The first kappa shape index (κ1) is 10.3. The minimum Gasteiger partial charge on any atom is -0.380 e. The second kappa shape index (κ2) is 3.32. The van der Waals surface area contributed by atoms with Gasteiger partial charge in [0.2, 0.25) is 0 Å². The molecule has 0 aromatic heterocycles. The second-order valence-electron chi connectivity index (χ2n) is 5.02. The molecule has 1 aliphatic carbocycles. The fraction of sp³-hybridized carbons (Fsp3) is 0.462. The Labute approximate surface area is 103 Å². The molecule has 0 N–H and O–H groups in total. The summed E-state index contributed by atoms with van der Waals surface area (Å²) >= 11 is 3.54. The van der Waals surface area contributed by atoms with Crippen molar-refractivity contribution >= 4 is 15.9 Å². The molecule has 16 heavy (non-hydrogen) atoms. The zero-order valence-electron chi connectivity index (χ0n) is 8.87. The van der Waals surface area contributed by atoms with E-state index >= 15 is 0 Å². The predicted octanol–water partition coefficient (Wildman–Crippen LogP) is 3.02. The van der Waals surface area contributed by atoms with Crippen LogP contribution in [0.1, 0.15) is 18.4 Å². The van der Waals surface area contributed by atoms with Gasteiger partial charge in [-0.05, 0) is 24.5 Å². The molecule has 0 radical (unpaired) electrons. The standard InChI is InChI=1S/C13H12BrNO/c14-11-4-2-1-3-10(11)13(7-15)5-12(6-13)8-16-9-12/h1-4H,5-6,8-9H2. The van der Waals surface area contributed by atoms with Gasteiger partial charge in [-0.15, -0.1) is 0 Å². The third-order valence-electron chi connectivity index (χ3n) is 3.77. The monoisotopic (exact) mass is 277 g/mol. The largest absolute Gasteiger partial charge is 0.380 e. The number of ether oxygens (including phenoxy) is 1. The number of nitrogens with zero attached hydrogens (tertiary/aromatic N) is 1. The van der Waals surface area contributed by atoms with Crippen LogP contribution in [0.4, 0.5) is 0 Å². The van der Waals surface area contributed by atoms with Gasteiger partial charge in [-0.3, -0.25) is 0 Å². The minimum atomic E-state index is -0.288. The van der Waals surface area contributed by atoms with Crippen LogP contribution in [0.3, 0.4) is 0 Å². The molecule has 3 heteroatoms. The van der Waals surface area contributed by atoms with Crippen LogP contribution < -0.4 is 0 Å². The number of nitriles is 1. The van der Waals surface area contributed by atoms with E-state index in [4.69, 9.17) is 4.74 Å². The number of halogens is 1. The van der Waals surface area contributed by atoms with Crippen molar-refractivity contribution in [3.63, 3.8) is 0 Å². The topological polar surface area (TPSA) is 33.0 Å². The molecule has 2 fully saturated rings. The summed E-state index contributed by atoms with van der Waals surface area (Å²) in [5.74, 6) is 0. The molecule has 0 amide bonds. The summed E-state index contributed by atoms with van der Waals surface area (Å²) in [7, 11) is 0. The van der Waals surface area contributed by atoms with E-state index < -0.39 is 0 Å². The number of hydrogen-bond acceptors (Lipinski definition) is 2. The first-order valence-corrected chi connectivity index (χ1v) is 6.23. The number of hydrogen-bond donors (Lipinski definition) is 0. The molecule has 1 saturated heterocycles. The molecule has 0 unspecified atom stereocenters. The molecule has 1 heterocycles. The normalized spacial score (nSPS) is 24.2. The van der Waals surface area contributed by atoms with Crippen molar-refractivity contribution in [3.8, 4) is 6.07 Å². The highest BCUT2D eigenvalue weighted by Gasteiger charge is 2.60. The lowest BCUT2D eigenvalue weighted by Crippen LogP contribution is -2.59. The van der Waals surface area contributed by atoms with Crippen molar-refractivity contribution in [3.05, 3.63) is 34.3 Å². The Bertz CT molecular complexity index is 465. The summed E-state index contributed by atoms with van der Waals surface area (Å²) in [5, 5.41) is 9.45. The second-order valence-corrected chi connectivity index (χ2v) is 5.87. The lowest BCUT2D eigenvalue weighted by molar-refractivity contribution is -0.178. The Kier molecular flexibility index (Phi) is 2.14. The maximum Gasteiger partial charge on any atom is 0.0847 e. The molecule has 1 spiro atoms. The highest BCUT2D eigenvalue weighted by atomic mass is 79.9. The average Bonchev–Trinajstić information content (AvgIpc) is 2.17. The Morgan fingerprint density at radius 2 is 1.94 bits per heavy atom. The van der Waals surface area contributed by atoms with Gasteiger partial charge >= 0.3 is 0 Å². The van der Waals surface area contributed by atoms with Crippen molar-refractivity contribution in [2.24, 2.45) is 5.41 Å². The highest BCUT2D eigenvalue weighted by molar-refractivity contribution is 9.10. The molecule has 0 bridgehead atoms. The summed E-state index contributed by atoms with van der Waals surface area (Å²) in [6.45, 7) is 1.67. The average molecular weight is 278 g/mol. The van der Waals surface area contributed by atoms with Gasteiger partial charge in [0.1, 0.15) is 0 Å². The van der Waals surface area contributed by atoms with Crippen molar-refractivity contribution < 1.29 is 4.74 Å². The fourth-order valence-corrected chi connectivity index (χ4v) is 3.67. The summed E-state index contributed by atoms with van der Waals surface area (Å²) in [4.78, 5) is 0.